The van der Waals surface area contributed by atoms with Crippen molar-refractivity contribution < 1.29 is 9.47 Å². The van der Waals surface area contributed by atoms with Gasteiger partial charge in [-0.1, -0.05) is 0 Å². The van der Waals surface area contributed by atoms with Gasteiger partial charge in [0.15, 0.2) is 5.11 Å². The highest BCUT2D eigenvalue weighted by molar-refractivity contribution is 7.80. The first-order valence-electron chi connectivity index (χ1n) is 3.82. The Morgan fingerprint density at radius 3 is 2.64 bits per heavy atom. The summed E-state index contributed by atoms with van der Waals surface area (Å²) in [7, 11) is 3.08. The molecule has 0 aliphatic heterocycles. The molecule has 76 valence electrons. The van der Waals surface area contributed by atoms with E-state index in [9.17, 15) is 0 Å². The van der Waals surface area contributed by atoms with Crippen molar-refractivity contribution in [2.24, 2.45) is 5.73 Å². The molecule has 0 aliphatic rings. The molecule has 0 unspecified atom stereocenters. The second-order valence-electron chi connectivity index (χ2n) is 2.42. The van der Waals surface area contributed by atoms with Gasteiger partial charge in [0.2, 0.25) is 5.88 Å². The summed E-state index contributed by atoms with van der Waals surface area (Å²) in [5.41, 5.74) is 5.31. The summed E-state index contributed by atoms with van der Waals surface area (Å²) < 4.78 is 10.00. The molecule has 0 fully saturated rings. The zero-order valence-corrected chi connectivity index (χ0v) is 8.72. The first kappa shape index (κ1) is 10.5. The Hall–Kier alpha value is -1.56. The Kier molecular flexibility index (Phi) is 3.47. The van der Waals surface area contributed by atoms with E-state index in [0.717, 1.165) is 0 Å². The molecule has 0 saturated carbocycles. The van der Waals surface area contributed by atoms with Crippen molar-refractivity contribution in [3.8, 4) is 11.6 Å². The number of nitrogens with two attached hydrogens (primary N) is 1. The zero-order valence-electron chi connectivity index (χ0n) is 7.90. The van der Waals surface area contributed by atoms with E-state index in [1.807, 2.05) is 0 Å². The number of aromatic nitrogens is 1. The van der Waals surface area contributed by atoms with Gasteiger partial charge in [0, 0.05) is 12.1 Å². The maximum Gasteiger partial charge on any atom is 0.218 e. The molecule has 1 rings (SSSR count). The van der Waals surface area contributed by atoms with Gasteiger partial charge in [-0.3, -0.25) is 0 Å². The van der Waals surface area contributed by atoms with Crippen molar-refractivity contribution in [1.82, 2.24) is 4.98 Å². The number of pyridine rings is 1. The molecule has 0 atom stereocenters. The maximum absolute atomic E-state index is 5.31. The molecule has 1 heterocycles. The molecule has 6 heteroatoms. The Morgan fingerprint density at radius 2 is 2.14 bits per heavy atom. The second-order valence-corrected chi connectivity index (χ2v) is 2.86. The zero-order chi connectivity index (χ0) is 10.6. The largest absolute Gasteiger partial charge is 0.496 e. The molecular formula is C8H11N3O2S. The highest BCUT2D eigenvalue weighted by Gasteiger charge is 2.03. The van der Waals surface area contributed by atoms with Crippen LogP contribution in [0.3, 0.4) is 0 Å². The van der Waals surface area contributed by atoms with Crippen LogP contribution in [0.4, 0.5) is 5.82 Å². The summed E-state index contributed by atoms with van der Waals surface area (Å²) in [5.74, 6) is 1.55. The van der Waals surface area contributed by atoms with Gasteiger partial charge < -0.3 is 20.5 Å². The Morgan fingerprint density at radius 1 is 1.43 bits per heavy atom. The number of methoxy groups -OCH3 is 2. The third-order valence-corrected chi connectivity index (χ3v) is 1.57. The van der Waals surface area contributed by atoms with Crippen LogP contribution in [0.2, 0.25) is 0 Å². The van der Waals surface area contributed by atoms with Crippen molar-refractivity contribution >= 4 is 23.1 Å². The van der Waals surface area contributed by atoms with Gasteiger partial charge in [0.1, 0.15) is 11.6 Å². The van der Waals surface area contributed by atoms with E-state index < -0.39 is 0 Å². The van der Waals surface area contributed by atoms with Crippen LogP contribution in [-0.2, 0) is 0 Å². The molecule has 0 radical (unpaired) electrons. The van der Waals surface area contributed by atoms with Crippen molar-refractivity contribution in [3.63, 3.8) is 0 Å². The highest BCUT2D eigenvalue weighted by Crippen LogP contribution is 2.21. The fraction of sp³-hybridized carbons (Fsp3) is 0.250. The van der Waals surface area contributed by atoms with Crippen LogP contribution in [0, 0.1) is 0 Å². The average molecular weight is 213 g/mol. The van der Waals surface area contributed by atoms with Gasteiger partial charge in [-0.2, -0.15) is 4.98 Å². The van der Waals surface area contributed by atoms with Crippen LogP contribution in [0.5, 0.6) is 11.6 Å². The van der Waals surface area contributed by atoms with Gasteiger partial charge in [-0.15, -0.1) is 0 Å². The SMILES string of the molecule is COc1cc(NC(N)=S)nc(OC)c1. The fourth-order valence-electron chi connectivity index (χ4n) is 0.894. The van der Waals surface area contributed by atoms with E-state index in [1.165, 1.54) is 7.11 Å². The minimum Gasteiger partial charge on any atom is -0.496 e. The number of thiocarbonyl (C=S) groups is 1. The van der Waals surface area contributed by atoms with Crippen LogP contribution in [0.15, 0.2) is 12.1 Å². The van der Waals surface area contributed by atoms with Gasteiger partial charge in [0.05, 0.1) is 14.2 Å². The number of rotatable bonds is 3. The van der Waals surface area contributed by atoms with E-state index in [0.29, 0.717) is 17.4 Å². The van der Waals surface area contributed by atoms with E-state index in [2.05, 4.69) is 22.5 Å². The summed E-state index contributed by atoms with van der Waals surface area (Å²) in [6.07, 6.45) is 0. The van der Waals surface area contributed by atoms with Crippen LogP contribution < -0.4 is 20.5 Å². The lowest BCUT2D eigenvalue weighted by Gasteiger charge is -2.07. The number of nitrogens with zero attached hydrogens (tertiary/aromatic N) is 1. The molecular weight excluding hydrogens is 202 g/mol. The summed E-state index contributed by atoms with van der Waals surface area (Å²) in [6, 6.07) is 3.33. The van der Waals surface area contributed by atoms with Gasteiger partial charge in [0.25, 0.3) is 0 Å². The first-order valence-corrected chi connectivity index (χ1v) is 4.23. The lowest BCUT2D eigenvalue weighted by atomic mass is 10.4. The molecule has 0 aromatic carbocycles. The molecule has 1 aromatic heterocycles. The molecule has 5 nitrogen and oxygen atoms in total. The van der Waals surface area contributed by atoms with Crippen molar-refractivity contribution in [2.45, 2.75) is 0 Å². The molecule has 1 aromatic rings. The van der Waals surface area contributed by atoms with Gasteiger partial charge >= 0.3 is 0 Å². The summed E-state index contributed by atoms with van der Waals surface area (Å²) >= 11 is 4.68. The minimum absolute atomic E-state index is 0.146. The first-order chi connectivity index (χ1) is 6.65. The van der Waals surface area contributed by atoms with Crippen LogP contribution in [0.1, 0.15) is 0 Å². The minimum atomic E-state index is 0.146. The number of anilines is 1. The molecule has 0 bridgehead atoms. The van der Waals surface area contributed by atoms with Crippen LogP contribution in [0.25, 0.3) is 0 Å². The van der Waals surface area contributed by atoms with E-state index in [4.69, 9.17) is 15.2 Å². The number of hydrogen-bond donors (Lipinski definition) is 2. The molecule has 0 aliphatic carbocycles. The summed E-state index contributed by atoms with van der Waals surface area (Å²) in [5, 5.41) is 2.84. The molecule has 0 amide bonds. The van der Waals surface area contributed by atoms with Crippen LogP contribution >= 0.6 is 12.2 Å². The van der Waals surface area contributed by atoms with E-state index in [1.54, 1.807) is 19.2 Å². The predicted octanol–water partition coefficient (Wildman–Crippen LogP) is 0.754. The molecule has 0 saturated heterocycles. The fourth-order valence-corrected chi connectivity index (χ4v) is 0.999. The Balaban J connectivity index is 2.98. The third kappa shape index (κ3) is 2.74. The quantitative estimate of drug-likeness (QED) is 0.722. The van der Waals surface area contributed by atoms with Gasteiger partial charge in [-0.05, 0) is 12.2 Å². The number of ether oxygens (including phenoxy) is 2. The smallest absolute Gasteiger partial charge is 0.218 e. The molecule has 14 heavy (non-hydrogen) atoms. The normalized spacial score (nSPS) is 9.29. The lowest BCUT2D eigenvalue weighted by molar-refractivity contribution is 0.383. The topological polar surface area (TPSA) is 69.4 Å². The maximum atomic E-state index is 5.31. The summed E-state index contributed by atoms with van der Waals surface area (Å²) in [4.78, 5) is 4.06. The second kappa shape index (κ2) is 4.61. The highest BCUT2D eigenvalue weighted by atomic mass is 32.1. The average Bonchev–Trinajstić information content (AvgIpc) is 2.16. The molecule has 3 N–H and O–H groups in total. The number of nitrogens with one attached hydrogen (secondary N) is 1. The Labute approximate surface area is 87.2 Å². The van der Waals surface area contributed by atoms with Crippen LogP contribution in [-0.4, -0.2) is 24.3 Å². The third-order valence-electron chi connectivity index (χ3n) is 1.47. The predicted molar refractivity (Wildman–Crippen MR) is 57.7 cm³/mol. The number of hydrogen-bond acceptors (Lipinski definition) is 4. The summed E-state index contributed by atoms with van der Waals surface area (Å²) in [6.45, 7) is 0. The van der Waals surface area contributed by atoms with E-state index >= 15 is 0 Å². The standard InChI is InChI=1S/C8H11N3O2S/c1-12-5-3-6(11-8(9)14)10-7(4-5)13-2/h3-4H,1-2H3,(H3,9,10,11,14). The molecule has 0 spiro atoms. The van der Waals surface area contributed by atoms with E-state index in [-0.39, 0.29) is 5.11 Å². The van der Waals surface area contributed by atoms with Crippen molar-refractivity contribution in [1.29, 1.82) is 0 Å². The van der Waals surface area contributed by atoms with Gasteiger partial charge in [-0.25, -0.2) is 0 Å². The van der Waals surface area contributed by atoms with Crippen molar-refractivity contribution in [3.05, 3.63) is 12.1 Å². The Bertz CT molecular complexity index is 321. The lowest BCUT2D eigenvalue weighted by Crippen LogP contribution is -2.19. The monoisotopic (exact) mass is 213 g/mol. The van der Waals surface area contributed by atoms with Crippen molar-refractivity contribution in [2.75, 3.05) is 19.5 Å².